The van der Waals surface area contributed by atoms with Crippen LogP contribution >= 0.6 is 0 Å². The van der Waals surface area contributed by atoms with E-state index >= 15 is 0 Å². The largest absolute Gasteiger partial charge is 0.347 e. The Kier molecular flexibility index (Phi) is 2.60. The average molecular weight is 198 g/mol. The lowest BCUT2D eigenvalue weighted by atomic mass is 10.1. The van der Waals surface area contributed by atoms with Crippen LogP contribution in [-0.2, 0) is 9.47 Å². The van der Waals surface area contributed by atoms with Crippen molar-refractivity contribution in [1.29, 1.82) is 0 Å². The molecule has 0 amide bonds. The Bertz CT molecular complexity index is 251. The molecule has 2 rings (SSSR count). The highest BCUT2D eigenvalue weighted by molar-refractivity contribution is 5.91. The third kappa shape index (κ3) is 2.13. The summed E-state index contributed by atoms with van der Waals surface area (Å²) in [6.45, 7) is 8.30. The van der Waals surface area contributed by atoms with E-state index in [9.17, 15) is 0 Å². The van der Waals surface area contributed by atoms with Gasteiger partial charge in [0.1, 0.15) is 6.10 Å². The van der Waals surface area contributed by atoms with E-state index in [1.54, 1.807) is 0 Å². The van der Waals surface area contributed by atoms with Crippen molar-refractivity contribution in [2.75, 3.05) is 19.7 Å². The van der Waals surface area contributed by atoms with E-state index in [2.05, 4.69) is 17.2 Å². The van der Waals surface area contributed by atoms with Crippen molar-refractivity contribution in [1.82, 2.24) is 5.32 Å². The van der Waals surface area contributed by atoms with Crippen LogP contribution in [0, 0.1) is 0 Å². The number of nitrogens with one attached hydrogen (secondary N) is 1. The van der Waals surface area contributed by atoms with Gasteiger partial charge in [-0.15, -0.1) is 0 Å². The summed E-state index contributed by atoms with van der Waals surface area (Å²) in [5, 5.41) is 3.37. The lowest BCUT2D eigenvalue weighted by Crippen LogP contribution is -2.43. The van der Waals surface area contributed by atoms with Gasteiger partial charge in [0.25, 0.3) is 0 Å². The van der Waals surface area contributed by atoms with Gasteiger partial charge in [-0.2, -0.15) is 0 Å². The van der Waals surface area contributed by atoms with Gasteiger partial charge in [0.05, 0.1) is 18.9 Å². The van der Waals surface area contributed by atoms with Gasteiger partial charge in [0.15, 0.2) is 5.79 Å². The molecule has 2 heterocycles. The Morgan fingerprint density at radius 3 is 2.79 bits per heavy atom. The van der Waals surface area contributed by atoms with Crippen molar-refractivity contribution >= 4 is 5.71 Å². The predicted molar refractivity (Wildman–Crippen MR) is 54.7 cm³/mol. The molecule has 0 aromatic rings. The maximum absolute atomic E-state index is 5.73. The van der Waals surface area contributed by atoms with Crippen molar-refractivity contribution in [3.8, 4) is 0 Å². The van der Waals surface area contributed by atoms with E-state index in [-0.39, 0.29) is 6.10 Å². The third-order valence-corrected chi connectivity index (χ3v) is 2.58. The Hall–Kier alpha value is -0.450. The van der Waals surface area contributed by atoms with E-state index in [1.807, 2.05) is 13.8 Å². The van der Waals surface area contributed by atoms with Crippen LogP contribution in [0.3, 0.4) is 0 Å². The van der Waals surface area contributed by atoms with E-state index in [0.29, 0.717) is 12.6 Å². The summed E-state index contributed by atoms with van der Waals surface area (Å²) < 4.78 is 11.2. The number of ether oxygens (including phenoxy) is 2. The summed E-state index contributed by atoms with van der Waals surface area (Å²) in [5.74, 6) is -0.448. The molecular formula is C10H18N2O2. The molecule has 4 heteroatoms. The van der Waals surface area contributed by atoms with Crippen LogP contribution in [-0.4, -0.2) is 43.3 Å². The number of hydrogen-bond acceptors (Lipinski definition) is 4. The van der Waals surface area contributed by atoms with E-state index < -0.39 is 5.79 Å². The fraction of sp³-hybridized carbons (Fsp3) is 0.900. The van der Waals surface area contributed by atoms with Crippen LogP contribution in [0.1, 0.15) is 20.8 Å². The molecule has 2 atom stereocenters. The Balaban J connectivity index is 1.97. The minimum Gasteiger partial charge on any atom is -0.347 e. The van der Waals surface area contributed by atoms with Crippen LogP contribution in [0.2, 0.25) is 0 Å². The molecule has 0 spiro atoms. The second-order valence-electron chi connectivity index (χ2n) is 4.43. The van der Waals surface area contributed by atoms with Gasteiger partial charge in [-0.25, -0.2) is 0 Å². The van der Waals surface area contributed by atoms with Crippen molar-refractivity contribution in [2.24, 2.45) is 4.99 Å². The van der Waals surface area contributed by atoms with E-state index in [4.69, 9.17) is 9.47 Å². The fourth-order valence-corrected chi connectivity index (χ4v) is 1.72. The lowest BCUT2D eigenvalue weighted by Gasteiger charge is -2.23. The van der Waals surface area contributed by atoms with Gasteiger partial charge < -0.3 is 14.8 Å². The molecule has 80 valence electrons. The Morgan fingerprint density at radius 2 is 2.29 bits per heavy atom. The number of hydrogen-bond donors (Lipinski definition) is 1. The molecule has 4 nitrogen and oxygen atoms in total. The molecule has 1 saturated heterocycles. The SMILES string of the molecule is CC1CN=C([C@H]2COC(C)(C)O2)CN1. The summed E-state index contributed by atoms with van der Waals surface area (Å²) in [5.41, 5.74) is 1.09. The highest BCUT2D eigenvalue weighted by atomic mass is 16.7. The topological polar surface area (TPSA) is 42.9 Å². The van der Waals surface area contributed by atoms with Crippen LogP contribution in [0.4, 0.5) is 0 Å². The van der Waals surface area contributed by atoms with Gasteiger partial charge in [0, 0.05) is 12.6 Å². The lowest BCUT2D eigenvalue weighted by molar-refractivity contribution is -0.131. The molecule has 0 aromatic heterocycles. The van der Waals surface area contributed by atoms with Gasteiger partial charge in [0.2, 0.25) is 0 Å². The second-order valence-corrected chi connectivity index (χ2v) is 4.43. The summed E-state index contributed by atoms with van der Waals surface area (Å²) in [6.07, 6.45) is 0.0463. The van der Waals surface area contributed by atoms with Crippen LogP contribution in [0.25, 0.3) is 0 Å². The smallest absolute Gasteiger partial charge is 0.163 e. The van der Waals surface area contributed by atoms with Gasteiger partial charge in [-0.3, -0.25) is 4.99 Å². The predicted octanol–water partition coefficient (Wildman–Crippen LogP) is 0.571. The van der Waals surface area contributed by atoms with Crippen LogP contribution in [0.15, 0.2) is 4.99 Å². The maximum atomic E-state index is 5.73. The van der Waals surface area contributed by atoms with E-state index in [1.165, 1.54) is 0 Å². The third-order valence-electron chi connectivity index (χ3n) is 2.58. The maximum Gasteiger partial charge on any atom is 0.163 e. The monoisotopic (exact) mass is 198 g/mol. The normalized spacial score (nSPS) is 36.9. The Labute approximate surface area is 84.7 Å². The van der Waals surface area contributed by atoms with E-state index in [0.717, 1.165) is 18.8 Å². The highest BCUT2D eigenvalue weighted by Gasteiger charge is 2.35. The molecule has 0 aromatic carbocycles. The minimum absolute atomic E-state index is 0.0463. The first kappa shape index (κ1) is 10.1. The quantitative estimate of drug-likeness (QED) is 0.670. The molecule has 0 bridgehead atoms. The zero-order valence-corrected chi connectivity index (χ0v) is 9.04. The van der Waals surface area contributed by atoms with Crippen molar-refractivity contribution in [3.63, 3.8) is 0 Å². The zero-order valence-electron chi connectivity index (χ0n) is 9.04. The number of nitrogens with zero attached hydrogens (tertiary/aromatic N) is 1. The van der Waals surface area contributed by atoms with Crippen molar-refractivity contribution in [3.05, 3.63) is 0 Å². The summed E-state index contributed by atoms with van der Waals surface area (Å²) in [4.78, 5) is 4.51. The molecule has 1 fully saturated rings. The summed E-state index contributed by atoms with van der Waals surface area (Å²) in [7, 11) is 0. The molecule has 0 saturated carbocycles. The van der Waals surface area contributed by atoms with Crippen molar-refractivity contribution < 1.29 is 9.47 Å². The molecule has 2 aliphatic heterocycles. The number of aliphatic imine (C=N–C) groups is 1. The minimum atomic E-state index is -0.448. The van der Waals surface area contributed by atoms with Gasteiger partial charge >= 0.3 is 0 Å². The zero-order chi connectivity index (χ0) is 10.2. The Morgan fingerprint density at radius 1 is 1.50 bits per heavy atom. The highest BCUT2D eigenvalue weighted by Crippen LogP contribution is 2.23. The standard InChI is InChI=1S/C10H18N2O2/c1-7-4-12-8(5-11-7)9-6-13-10(2,3)14-9/h7,9,11H,4-6H2,1-3H3/t7?,9-/m1/s1. The van der Waals surface area contributed by atoms with Gasteiger partial charge in [-0.1, -0.05) is 0 Å². The molecule has 1 unspecified atom stereocenters. The van der Waals surface area contributed by atoms with Crippen molar-refractivity contribution in [2.45, 2.75) is 38.7 Å². The summed E-state index contributed by atoms with van der Waals surface area (Å²) in [6, 6.07) is 0.481. The van der Waals surface area contributed by atoms with Gasteiger partial charge in [-0.05, 0) is 20.8 Å². The number of rotatable bonds is 1. The molecule has 1 N–H and O–H groups in total. The average Bonchev–Trinajstić information content (AvgIpc) is 2.47. The first-order valence-electron chi connectivity index (χ1n) is 5.15. The summed E-state index contributed by atoms with van der Waals surface area (Å²) >= 11 is 0. The second kappa shape index (κ2) is 3.61. The molecule has 2 aliphatic rings. The first-order valence-corrected chi connectivity index (χ1v) is 5.15. The van der Waals surface area contributed by atoms with Crippen LogP contribution < -0.4 is 5.32 Å². The molecule has 14 heavy (non-hydrogen) atoms. The van der Waals surface area contributed by atoms with Crippen LogP contribution in [0.5, 0.6) is 0 Å². The molecule has 0 aliphatic carbocycles. The molecular weight excluding hydrogens is 180 g/mol. The first-order chi connectivity index (χ1) is 6.57. The molecule has 0 radical (unpaired) electrons. The fourth-order valence-electron chi connectivity index (χ4n) is 1.72.